The van der Waals surface area contributed by atoms with Gasteiger partial charge >= 0.3 is 0 Å². The van der Waals surface area contributed by atoms with Crippen molar-refractivity contribution in [3.8, 4) is 0 Å². The van der Waals surface area contributed by atoms with Crippen LogP contribution in [0.5, 0.6) is 0 Å². The summed E-state index contributed by atoms with van der Waals surface area (Å²) in [5.74, 6) is 0. The van der Waals surface area contributed by atoms with E-state index in [4.69, 9.17) is 0 Å². The lowest BCUT2D eigenvalue weighted by atomic mass is 10.0. The van der Waals surface area contributed by atoms with Gasteiger partial charge in [-0.15, -0.1) is 0 Å². The fraction of sp³-hybridized carbons (Fsp3) is 0.143. The fourth-order valence-electron chi connectivity index (χ4n) is 4.85. The minimum absolute atomic E-state index is 0.412. The molecule has 0 radical (unpaired) electrons. The standard InChI is InChI=1S/C28H28Si/c1-29(2,27(23-15-7-3-8-16-23)24-17-9-4-10-18-24)28(25-19-11-5-12-20-25)26-21-13-6-14-22-26/h3-22,27-28H,1-2H3. The molecule has 4 aromatic rings. The lowest BCUT2D eigenvalue weighted by molar-refractivity contribution is 0.969. The van der Waals surface area contributed by atoms with Crippen LogP contribution in [0.25, 0.3) is 0 Å². The molecule has 0 unspecified atom stereocenters. The van der Waals surface area contributed by atoms with Crippen LogP contribution in [0.4, 0.5) is 0 Å². The maximum atomic E-state index is 2.56. The van der Waals surface area contributed by atoms with Crippen LogP contribution in [0, 0.1) is 0 Å². The highest BCUT2D eigenvalue weighted by molar-refractivity contribution is 6.81. The van der Waals surface area contributed by atoms with Crippen LogP contribution >= 0.6 is 0 Å². The number of hydrogen-bond acceptors (Lipinski definition) is 0. The van der Waals surface area contributed by atoms with Crippen molar-refractivity contribution in [3.63, 3.8) is 0 Å². The Hall–Kier alpha value is -2.90. The van der Waals surface area contributed by atoms with Crippen LogP contribution in [0.3, 0.4) is 0 Å². The zero-order chi connectivity index (χ0) is 20.1. The van der Waals surface area contributed by atoms with E-state index in [1.165, 1.54) is 22.3 Å². The minimum Gasteiger partial charge on any atom is -0.0679 e. The average molecular weight is 393 g/mol. The largest absolute Gasteiger partial charge is 0.0730 e. The van der Waals surface area contributed by atoms with Crippen LogP contribution < -0.4 is 0 Å². The van der Waals surface area contributed by atoms with Crippen LogP contribution in [-0.4, -0.2) is 8.07 Å². The summed E-state index contributed by atoms with van der Waals surface area (Å²) in [6.45, 7) is 5.12. The maximum Gasteiger partial charge on any atom is 0.0730 e. The van der Waals surface area contributed by atoms with Gasteiger partial charge in [0, 0.05) is 11.1 Å². The summed E-state index contributed by atoms with van der Waals surface area (Å²) in [4.78, 5) is 0. The fourth-order valence-corrected chi connectivity index (χ4v) is 9.39. The summed E-state index contributed by atoms with van der Waals surface area (Å²) in [5.41, 5.74) is 6.52. The van der Waals surface area contributed by atoms with E-state index >= 15 is 0 Å². The zero-order valence-electron chi connectivity index (χ0n) is 17.2. The molecule has 4 aromatic carbocycles. The Bertz CT molecular complexity index is 845. The Morgan fingerprint density at radius 1 is 0.379 bits per heavy atom. The van der Waals surface area contributed by atoms with E-state index in [1.54, 1.807) is 0 Å². The molecule has 4 rings (SSSR count). The molecular weight excluding hydrogens is 364 g/mol. The third kappa shape index (κ3) is 4.11. The Morgan fingerprint density at radius 2 is 0.586 bits per heavy atom. The molecule has 144 valence electrons. The molecule has 1 heteroatoms. The first-order valence-electron chi connectivity index (χ1n) is 10.4. The molecule has 0 atom stereocenters. The van der Waals surface area contributed by atoms with Crippen molar-refractivity contribution in [1.29, 1.82) is 0 Å². The Morgan fingerprint density at radius 3 is 0.793 bits per heavy atom. The molecule has 0 aliphatic heterocycles. The molecule has 0 saturated carbocycles. The van der Waals surface area contributed by atoms with Crippen molar-refractivity contribution in [2.75, 3.05) is 0 Å². The van der Waals surface area contributed by atoms with Gasteiger partial charge in [0.1, 0.15) is 0 Å². The molecular formula is C28H28Si. The summed E-state index contributed by atoms with van der Waals surface area (Å²) in [6, 6.07) is 44.3. The van der Waals surface area contributed by atoms with E-state index in [9.17, 15) is 0 Å². The monoisotopic (exact) mass is 392 g/mol. The molecule has 29 heavy (non-hydrogen) atoms. The summed E-state index contributed by atoms with van der Waals surface area (Å²) >= 11 is 0. The first-order valence-corrected chi connectivity index (χ1v) is 13.5. The van der Waals surface area contributed by atoms with Gasteiger partial charge in [-0.25, -0.2) is 0 Å². The van der Waals surface area contributed by atoms with Gasteiger partial charge in [0.05, 0.1) is 8.07 Å². The summed E-state index contributed by atoms with van der Waals surface area (Å²) in [6.07, 6.45) is 0. The number of hydrogen-bond donors (Lipinski definition) is 0. The molecule has 0 N–H and O–H groups in total. The van der Waals surface area contributed by atoms with Crippen molar-refractivity contribution in [2.24, 2.45) is 0 Å². The predicted molar refractivity (Wildman–Crippen MR) is 127 cm³/mol. The SMILES string of the molecule is C[Si](C)(C(c1ccccc1)c1ccccc1)C(c1ccccc1)c1ccccc1. The van der Waals surface area contributed by atoms with Crippen LogP contribution in [-0.2, 0) is 0 Å². The van der Waals surface area contributed by atoms with Crippen molar-refractivity contribution < 1.29 is 0 Å². The molecule has 0 amide bonds. The second kappa shape index (κ2) is 8.63. The molecule has 0 aliphatic carbocycles. The van der Waals surface area contributed by atoms with Gasteiger partial charge in [-0.2, -0.15) is 0 Å². The normalized spacial score (nSPS) is 11.7. The van der Waals surface area contributed by atoms with Crippen LogP contribution in [0.1, 0.15) is 33.3 Å². The van der Waals surface area contributed by atoms with Crippen molar-refractivity contribution in [2.45, 2.75) is 24.2 Å². The summed E-state index contributed by atoms with van der Waals surface area (Å²) < 4.78 is 0. The minimum atomic E-state index is -1.93. The second-order valence-electron chi connectivity index (χ2n) is 8.33. The van der Waals surface area contributed by atoms with Gasteiger partial charge in [-0.05, 0) is 22.3 Å². The van der Waals surface area contributed by atoms with Gasteiger partial charge in [0.15, 0.2) is 0 Å². The van der Waals surface area contributed by atoms with Gasteiger partial charge in [0.2, 0.25) is 0 Å². The first kappa shape index (κ1) is 19.4. The van der Waals surface area contributed by atoms with E-state index in [0.29, 0.717) is 11.1 Å². The quantitative estimate of drug-likeness (QED) is 0.299. The second-order valence-corrected chi connectivity index (χ2v) is 13.1. The van der Waals surface area contributed by atoms with E-state index in [0.717, 1.165) is 0 Å². The first-order chi connectivity index (χ1) is 14.2. The van der Waals surface area contributed by atoms with E-state index in [-0.39, 0.29) is 0 Å². The Kier molecular flexibility index (Phi) is 5.78. The smallest absolute Gasteiger partial charge is 0.0679 e. The van der Waals surface area contributed by atoms with E-state index in [2.05, 4.69) is 134 Å². The Balaban J connectivity index is 1.91. The molecule has 0 saturated heterocycles. The van der Waals surface area contributed by atoms with Crippen molar-refractivity contribution in [3.05, 3.63) is 144 Å². The lowest BCUT2D eigenvalue weighted by Crippen LogP contribution is -2.43. The number of rotatable bonds is 6. The maximum absolute atomic E-state index is 2.56. The van der Waals surface area contributed by atoms with E-state index in [1.807, 2.05) is 0 Å². The molecule has 0 nitrogen and oxygen atoms in total. The van der Waals surface area contributed by atoms with Crippen LogP contribution in [0.2, 0.25) is 13.1 Å². The van der Waals surface area contributed by atoms with Gasteiger partial charge in [-0.3, -0.25) is 0 Å². The van der Waals surface area contributed by atoms with Gasteiger partial charge < -0.3 is 0 Å². The van der Waals surface area contributed by atoms with Crippen molar-refractivity contribution >= 4 is 8.07 Å². The predicted octanol–water partition coefficient (Wildman–Crippen LogP) is 7.44. The van der Waals surface area contributed by atoms with Crippen molar-refractivity contribution in [1.82, 2.24) is 0 Å². The average Bonchev–Trinajstić information content (AvgIpc) is 2.77. The van der Waals surface area contributed by atoms with E-state index < -0.39 is 8.07 Å². The lowest BCUT2D eigenvalue weighted by Gasteiger charge is -2.41. The molecule has 0 fully saturated rings. The third-order valence-corrected chi connectivity index (χ3v) is 10.3. The summed E-state index contributed by atoms with van der Waals surface area (Å²) in [7, 11) is -1.93. The molecule has 0 aliphatic rings. The number of benzene rings is 4. The zero-order valence-corrected chi connectivity index (χ0v) is 18.2. The summed E-state index contributed by atoms with van der Waals surface area (Å²) in [5, 5.41) is 0. The molecule has 0 bridgehead atoms. The third-order valence-electron chi connectivity index (χ3n) is 6.02. The highest BCUT2D eigenvalue weighted by Gasteiger charge is 2.42. The van der Waals surface area contributed by atoms with Gasteiger partial charge in [0.25, 0.3) is 0 Å². The topological polar surface area (TPSA) is 0 Å². The van der Waals surface area contributed by atoms with Gasteiger partial charge in [-0.1, -0.05) is 134 Å². The van der Waals surface area contributed by atoms with Crippen LogP contribution in [0.15, 0.2) is 121 Å². The highest BCUT2D eigenvalue weighted by atomic mass is 28.3. The molecule has 0 heterocycles. The molecule has 0 aromatic heterocycles. The molecule has 0 spiro atoms. The highest BCUT2D eigenvalue weighted by Crippen LogP contribution is 2.44. The Labute approximate surface area is 175 Å².